The second-order valence-electron chi connectivity index (χ2n) is 4.19. The first-order valence-electron chi connectivity index (χ1n) is 5.86. The molecule has 5 nitrogen and oxygen atoms in total. The van der Waals surface area contributed by atoms with Crippen LogP contribution in [0.3, 0.4) is 0 Å². The van der Waals surface area contributed by atoms with E-state index in [1.54, 1.807) is 6.92 Å². The molecule has 0 fully saturated rings. The molecule has 2 rings (SSSR count). The Labute approximate surface area is 106 Å². The van der Waals surface area contributed by atoms with E-state index in [9.17, 15) is 4.79 Å². The van der Waals surface area contributed by atoms with Gasteiger partial charge in [0.05, 0.1) is 24.1 Å². The molecule has 0 saturated heterocycles. The average Bonchev–Trinajstić information content (AvgIpc) is 2.38. The number of methoxy groups -OCH3 is 1. The van der Waals surface area contributed by atoms with E-state index in [1.807, 2.05) is 6.07 Å². The number of oxime groups is 1. The highest BCUT2D eigenvalue weighted by Crippen LogP contribution is 2.23. The standard InChI is InChI=1S/C13H16N2O3/c1-8-10(13(16)17-2)7-9-5-4-6-11(15-18-3)12(9)14-8/h7H,4-6H2,1-3H3/b15-11+. The van der Waals surface area contributed by atoms with Gasteiger partial charge in [-0.15, -0.1) is 0 Å². The molecule has 1 aliphatic carbocycles. The predicted molar refractivity (Wildman–Crippen MR) is 66.8 cm³/mol. The van der Waals surface area contributed by atoms with Crippen LogP contribution in [0.25, 0.3) is 0 Å². The third-order valence-electron chi connectivity index (χ3n) is 3.03. The SMILES string of the molecule is CO/N=C1\CCCc2cc(C(=O)OC)c(C)nc21. The zero-order valence-electron chi connectivity index (χ0n) is 10.8. The molecule has 0 unspecified atom stereocenters. The summed E-state index contributed by atoms with van der Waals surface area (Å²) in [6.07, 6.45) is 2.74. The molecule has 0 aliphatic heterocycles. The van der Waals surface area contributed by atoms with Gasteiger partial charge in [-0.2, -0.15) is 0 Å². The number of carbonyl (C=O) groups is 1. The monoisotopic (exact) mass is 248 g/mol. The van der Waals surface area contributed by atoms with Gasteiger partial charge in [0, 0.05) is 0 Å². The van der Waals surface area contributed by atoms with Crippen molar-refractivity contribution in [3.8, 4) is 0 Å². The molecule has 1 aromatic rings. The van der Waals surface area contributed by atoms with Crippen molar-refractivity contribution >= 4 is 11.7 Å². The third-order valence-corrected chi connectivity index (χ3v) is 3.03. The molecule has 0 aromatic carbocycles. The fourth-order valence-electron chi connectivity index (χ4n) is 2.17. The van der Waals surface area contributed by atoms with Gasteiger partial charge < -0.3 is 9.57 Å². The van der Waals surface area contributed by atoms with E-state index in [2.05, 4.69) is 10.1 Å². The van der Waals surface area contributed by atoms with Crippen LogP contribution in [-0.4, -0.2) is 30.9 Å². The topological polar surface area (TPSA) is 60.8 Å². The number of aromatic nitrogens is 1. The summed E-state index contributed by atoms with van der Waals surface area (Å²) in [4.78, 5) is 20.9. The highest BCUT2D eigenvalue weighted by atomic mass is 16.6. The predicted octanol–water partition coefficient (Wildman–Crippen LogP) is 1.86. The van der Waals surface area contributed by atoms with E-state index < -0.39 is 0 Å². The molecule has 0 amide bonds. The van der Waals surface area contributed by atoms with Crippen LogP contribution in [0.5, 0.6) is 0 Å². The summed E-state index contributed by atoms with van der Waals surface area (Å²) in [6.45, 7) is 1.80. The van der Waals surface area contributed by atoms with E-state index in [4.69, 9.17) is 9.57 Å². The molecule has 1 aromatic heterocycles. The molecule has 0 radical (unpaired) electrons. The van der Waals surface area contributed by atoms with Crippen LogP contribution in [0.2, 0.25) is 0 Å². The molecular weight excluding hydrogens is 232 g/mol. The zero-order chi connectivity index (χ0) is 13.1. The summed E-state index contributed by atoms with van der Waals surface area (Å²) < 4.78 is 4.75. The second kappa shape index (κ2) is 5.16. The summed E-state index contributed by atoms with van der Waals surface area (Å²) in [5.41, 5.74) is 3.90. The van der Waals surface area contributed by atoms with Crippen molar-refractivity contribution in [1.82, 2.24) is 4.98 Å². The van der Waals surface area contributed by atoms with Gasteiger partial charge in [-0.05, 0) is 37.8 Å². The van der Waals surface area contributed by atoms with Gasteiger partial charge in [-0.3, -0.25) is 4.98 Å². The Bertz CT molecular complexity index is 509. The van der Waals surface area contributed by atoms with Gasteiger partial charge in [-0.1, -0.05) is 5.16 Å². The van der Waals surface area contributed by atoms with Crippen LogP contribution < -0.4 is 0 Å². The molecule has 18 heavy (non-hydrogen) atoms. The highest BCUT2D eigenvalue weighted by Gasteiger charge is 2.21. The largest absolute Gasteiger partial charge is 0.465 e. The van der Waals surface area contributed by atoms with E-state index in [-0.39, 0.29) is 5.97 Å². The molecule has 0 atom stereocenters. The quantitative estimate of drug-likeness (QED) is 0.592. The van der Waals surface area contributed by atoms with Crippen LogP contribution >= 0.6 is 0 Å². The number of carbonyl (C=O) groups excluding carboxylic acids is 1. The van der Waals surface area contributed by atoms with Crippen LogP contribution in [-0.2, 0) is 16.0 Å². The van der Waals surface area contributed by atoms with Crippen LogP contribution in [0, 0.1) is 6.92 Å². The van der Waals surface area contributed by atoms with Gasteiger partial charge in [0.25, 0.3) is 0 Å². The first-order chi connectivity index (χ1) is 8.67. The molecule has 0 saturated carbocycles. The van der Waals surface area contributed by atoms with Gasteiger partial charge in [-0.25, -0.2) is 4.79 Å². The normalized spacial score (nSPS) is 16.3. The van der Waals surface area contributed by atoms with E-state index in [0.29, 0.717) is 11.3 Å². The van der Waals surface area contributed by atoms with Gasteiger partial charge in [0.1, 0.15) is 12.8 Å². The number of rotatable bonds is 2. The van der Waals surface area contributed by atoms with Crippen molar-refractivity contribution in [3.05, 3.63) is 28.6 Å². The zero-order valence-corrected chi connectivity index (χ0v) is 10.8. The minimum absolute atomic E-state index is 0.349. The van der Waals surface area contributed by atoms with Crippen molar-refractivity contribution in [2.45, 2.75) is 26.2 Å². The van der Waals surface area contributed by atoms with Crippen LogP contribution in [0.15, 0.2) is 11.2 Å². The number of ether oxygens (including phenoxy) is 1. The average molecular weight is 248 g/mol. The smallest absolute Gasteiger partial charge is 0.339 e. The Kier molecular flexibility index (Phi) is 3.60. The Morgan fingerprint density at radius 2 is 2.17 bits per heavy atom. The maximum absolute atomic E-state index is 11.6. The van der Waals surface area contributed by atoms with Gasteiger partial charge in [0.15, 0.2) is 0 Å². The number of hydrogen-bond acceptors (Lipinski definition) is 5. The molecule has 5 heteroatoms. The Morgan fingerprint density at radius 1 is 1.39 bits per heavy atom. The lowest BCUT2D eigenvalue weighted by Gasteiger charge is -2.18. The molecule has 0 bridgehead atoms. The molecular formula is C13H16N2O3. The minimum atomic E-state index is -0.349. The molecule has 0 spiro atoms. The molecule has 1 aliphatic rings. The number of nitrogens with zero attached hydrogens (tertiary/aromatic N) is 2. The maximum Gasteiger partial charge on any atom is 0.339 e. The van der Waals surface area contributed by atoms with E-state index in [0.717, 1.165) is 36.2 Å². The minimum Gasteiger partial charge on any atom is -0.465 e. The first-order valence-corrected chi connectivity index (χ1v) is 5.86. The lowest BCUT2D eigenvalue weighted by Crippen LogP contribution is -2.18. The second-order valence-corrected chi connectivity index (χ2v) is 4.19. The maximum atomic E-state index is 11.6. The number of fused-ring (bicyclic) bond motifs is 1. The Balaban J connectivity index is 2.50. The molecule has 0 N–H and O–H groups in total. The Morgan fingerprint density at radius 3 is 2.83 bits per heavy atom. The Hall–Kier alpha value is -1.91. The summed E-state index contributed by atoms with van der Waals surface area (Å²) in [7, 11) is 2.90. The van der Waals surface area contributed by atoms with E-state index >= 15 is 0 Å². The lowest BCUT2D eigenvalue weighted by molar-refractivity contribution is 0.0599. The van der Waals surface area contributed by atoms with Crippen LogP contribution in [0.1, 0.15) is 40.2 Å². The fourth-order valence-corrected chi connectivity index (χ4v) is 2.17. The van der Waals surface area contributed by atoms with Crippen molar-refractivity contribution in [2.24, 2.45) is 5.16 Å². The highest BCUT2D eigenvalue weighted by molar-refractivity contribution is 6.01. The summed E-state index contributed by atoms with van der Waals surface area (Å²) in [5.74, 6) is -0.349. The summed E-state index contributed by atoms with van der Waals surface area (Å²) >= 11 is 0. The fraction of sp³-hybridized carbons (Fsp3) is 0.462. The van der Waals surface area contributed by atoms with Gasteiger partial charge in [0.2, 0.25) is 0 Å². The molecule has 1 heterocycles. The number of hydrogen-bond donors (Lipinski definition) is 0. The molecule has 96 valence electrons. The lowest BCUT2D eigenvalue weighted by atomic mass is 9.92. The third kappa shape index (κ3) is 2.20. The number of esters is 1. The van der Waals surface area contributed by atoms with Gasteiger partial charge >= 0.3 is 5.97 Å². The van der Waals surface area contributed by atoms with Crippen LogP contribution in [0.4, 0.5) is 0 Å². The number of pyridine rings is 1. The van der Waals surface area contributed by atoms with Crippen molar-refractivity contribution in [2.75, 3.05) is 14.2 Å². The van der Waals surface area contributed by atoms with Crippen molar-refractivity contribution < 1.29 is 14.4 Å². The first kappa shape index (κ1) is 12.5. The summed E-state index contributed by atoms with van der Waals surface area (Å²) in [5, 5.41) is 4.00. The number of aryl methyl sites for hydroxylation is 2. The van der Waals surface area contributed by atoms with Crippen molar-refractivity contribution in [1.29, 1.82) is 0 Å². The van der Waals surface area contributed by atoms with E-state index in [1.165, 1.54) is 14.2 Å². The summed E-state index contributed by atoms with van der Waals surface area (Å²) in [6, 6.07) is 1.86. The van der Waals surface area contributed by atoms with Crippen molar-refractivity contribution in [3.63, 3.8) is 0 Å².